The van der Waals surface area contributed by atoms with Gasteiger partial charge in [-0.2, -0.15) is 61.5 Å². The Labute approximate surface area is 130 Å². The Hall–Kier alpha value is -1.19. The summed E-state index contributed by atoms with van der Waals surface area (Å²) in [7, 11) is 0. The Balaban J connectivity index is 7.12. The zero-order valence-corrected chi connectivity index (χ0v) is 11.4. The maximum atomic E-state index is 13.7. The van der Waals surface area contributed by atoms with E-state index >= 15 is 0 Å². The fourth-order valence-corrected chi connectivity index (χ4v) is 1.75. The summed E-state index contributed by atoms with van der Waals surface area (Å²) in [6.45, 7) is -1.92. The van der Waals surface area contributed by atoms with Crippen LogP contribution in [-0.4, -0.2) is 47.6 Å². The van der Waals surface area contributed by atoms with Gasteiger partial charge in [0.05, 0.1) is 0 Å². The lowest BCUT2D eigenvalue weighted by Crippen LogP contribution is -2.79. The van der Waals surface area contributed by atoms with Gasteiger partial charge in [0, 0.05) is 0 Å². The standard InChI is InChI=1S/C9H3F17/c1-2(10,3(11,6(15,16)17)7(18,19)20)5(13,14)4(12,8(21,22)23)9(24,25)26/h1H3. The van der Waals surface area contributed by atoms with E-state index in [1.807, 2.05) is 0 Å². The maximum absolute atomic E-state index is 13.7. The van der Waals surface area contributed by atoms with Gasteiger partial charge in [0.2, 0.25) is 5.67 Å². The lowest BCUT2D eigenvalue weighted by molar-refractivity contribution is -0.452. The number of halogens is 17. The van der Waals surface area contributed by atoms with Crippen LogP contribution < -0.4 is 0 Å². The summed E-state index contributed by atoms with van der Waals surface area (Å²) in [6.07, 6.45) is -31.7. The van der Waals surface area contributed by atoms with Crippen LogP contribution in [0.4, 0.5) is 74.6 Å². The van der Waals surface area contributed by atoms with Crippen LogP contribution in [0.2, 0.25) is 0 Å². The van der Waals surface area contributed by atoms with Crippen molar-refractivity contribution in [1.82, 2.24) is 0 Å². The second-order valence-corrected chi connectivity index (χ2v) is 4.89. The van der Waals surface area contributed by atoms with E-state index in [4.69, 9.17) is 0 Å². The summed E-state index contributed by atoms with van der Waals surface area (Å²) in [5, 5.41) is 0. The third-order valence-electron chi connectivity index (χ3n) is 3.23. The average molecular weight is 434 g/mol. The van der Waals surface area contributed by atoms with E-state index in [1.165, 1.54) is 0 Å². The zero-order chi connectivity index (χ0) is 22.0. The Morgan fingerprint density at radius 2 is 0.538 bits per heavy atom. The van der Waals surface area contributed by atoms with E-state index < -0.39 is 54.6 Å². The molecule has 158 valence electrons. The van der Waals surface area contributed by atoms with Crippen LogP contribution in [0.5, 0.6) is 0 Å². The van der Waals surface area contributed by atoms with Crippen molar-refractivity contribution in [3.8, 4) is 0 Å². The van der Waals surface area contributed by atoms with Crippen molar-refractivity contribution >= 4 is 0 Å². The van der Waals surface area contributed by atoms with Crippen molar-refractivity contribution in [3.63, 3.8) is 0 Å². The van der Waals surface area contributed by atoms with E-state index in [2.05, 4.69) is 0 Å². The van der Waals surface area contributed by atoms with Gasteiger partial charge in [0.15, 0.2) is 0 Å². The first-order chi connectivity index (χ1) is 10.8. The normalized spacial score (nSPS) is 18.7. The van der Waals surface area contributed by atoms with Crippen molar-refractivity contribution in [2.45, 2.75) is 54.6 Å². The number of alkyl halides is 17. The molecule has 1 atom stereocenters. The van der Waals surface area contributed by atoms with Crippen molar-refractivity contribution in [2.75, 3.05) is 0 Å². The van der Waals surface area contributed by atoms with Gasteiger partial charge in [-0.3, -0.25) is 0 Å². The Morgan fingerprint density at radius 1 is 0.346 bits per heavy atom. The summed E-state index contributed by atoms with van der Waals surface area (Å²) in [5.74, 6) is -8.28. The van der Waals surface area contributed by atoms with Crippen molar-refractivity contribution in [1.29, 1.82) is 0 Å². The van der Waals surface area contributed by atoms with E-state index in [9.17, 15) is 74.6 Å². The Bertz CT molecular complexity index is 434. The number of rotatable bonds is 3. The topological polar surface area (TPSA) is 0 Å². The molecule has 0 aromatic carbocycles. The molecule has 0 amide bonds. The molecule has 0 spiro atoms. The summed E-state index contributed by atoms with van der Waals surface area (Å²) in [4.78, 5) is 0. The second kappa shape index (κ2) is 5.65. The largest absolute Gasteiger partial charge is 0.437 e. The minimum absolute atomic E-state index is 1.92. The minimum Gasteiger partial charge on any atom is -0.233 e. The first-order valence-electron chi connectivity index (χ1n) is 5.46. The molecule has 0 aliphatic carbocycles. The van der Waals surface area contributed by atoms with Gasteiger partial charge < -0.3 is 0 Å². The molecular formula is C9H3F17. The predicted molar refractivity (Wildman–Crippen MR) is 46.4 cm³/mol. The highest BCUT2D eigenvalue weighted by atomic mass is 19.4. The predicted octanol–water partition coefficient (Wildman–Crippen LogP) is 6.02. The van der Waals surface area contributed by atoms with Gasteiger partial charge in [0.1, 0.15) is 0 Å². The molecule has 0 radical (unpaired) electrons. The molecule has 0 aromatic rings. The zero-order valence-electron chi connectivity index (χ0n) is 11.4. The highest BCUT2D eigenvalue weighted by Crippen LogP contribution is 2.65. The molecule has 0 heterocycles. The monoisotopic (exact) mass is 434 g/mol. The molecule has 1 unspecified atom stereocenters. The molecular weight excluding hydrogens is 431 g/mol. The molecule has 0 nitrogen and oxygen atoms in total. The quantitative estimate of drug-likeness (QED) is 0.477. The van der Waals surface area contributed by atoms with Gasteiger partial charge in [-0.25, -0.2) is 13.2 Å². The third-order valence-corrected chi connectivity index (χ3v) is 3.23. The molecule has 0 aromatic heterocycles. The lowest BCUT2D eigenvalue weighted by atomic mass is 9.74. The molecule has 0 aliphatic heterocycles. The summed E-state index contributed by atoms with van der Waals surface area (Å²) >= 11 is 0. The van der Waals surface area contributed by atoms with Crippen molar-refractivity contribution in [2.24, 2.45) is 0 Å². The maximum Gasteiger partial charge on any atom is 0.437 e. The van der Waals surface area contributed by atoms with Crippen LogP contribution in [0, 0.1) is 0 Å². The molecule has 0 N–H and O–H groups in total. The average Bonchev–Trinajstić information content (AvgIpc) is 2.30. The highest BCUT2D eigenvalue weighted by Gasteiger charge is 2.96. The molecule has 0 saturated carbocycles. The number of hydrogen-bond donors (Lipinski definition) is 0. The highest BCUT2D eigenvalue weighted by molar-refractivity contribution is 5.22. The molecule has 0 aliphatic rings. The molecule has 17 heteroatoms. The third kappa shape index (κ3) is 2.84. The van der Waals surface area contributed by atoms with Crippen LogP contribution in [0.3, 0.4) is 0 Å². The Kier molecular flexibility index (Phi) is 5.39. The fourth-order valence-electron chi connectivity index (χ4n) is 1.75. The van der Waals surface area contributed by atoms with Gasteiger partial charge in [0.25, 0.3) is 0 Å². The van der Waals surface area contributed by atoms with Gasteiger partial charge in [-0.15, -0.1) is 0 Å². The van der Waals surface area contributed by atoms with Gasteiger partial charge >= 0.3 is 42.0 Å². The molecule has 0 rings (SSSR count). The first-order valence-corrected chi connectivity index (χ1v) is 5.46. The Morgan fingerprint density at radius 3 is 0.692 bits per heavy atom. The van der Waals surface area contributed by atoms with Crippen molar-refractivity contribution < 1.29 is 74.6 Å². The lowest BCUT2D eigenvalue weighted by Gasteiger charge is -2.47. The smallest absolute Gasteiger partial charge is 0.233 e. The summed E-state index contributed by atoms with van der Waals surface area (Å²) in [6, 6.07) is 0. The molecule has 0 fully saturated rings. The van der Waals surface area contributed by atoms with E-state index in [0.717, 1.165) is 0 Å². The summed E-state index contributed by atoms with van der Waals surface area (Å²) < 4.78 is 214. The van der Waals surface area contributed by atoms with E-state index in [-0.39, 0.29) is 0 Å². The SMILES string of the molecule is CC(F)(C(F)(F)C(F)(C(F)(F)F)C(F)(F)F)C(F)(C(F)(F)F)C(F)(F)F. The first kappa shape index (κ1) is 24.8. The van der Waals surface area contributed by atoms with Crippen LogP contribution in [0.25, 0.3) is 0 Å². The van der Waals surface area contributed by atoms with Crippen molar-refractivity contribution in [3.05, 3.63) is 0 Å². The van der Waals surface area contributed by atoms with Crippen LogP contribution >= 0.6 is 0 Å². The number of hydrogen-bond acceptors (Lipinski definition) is 0. The second-order valence-electron chi connectivity index (χ2n) is 4.89. The van der Waals surface area contributed by atoms with Crippen LogP contribution in [0.15, 0.2) is 0 Å². The minimum atomic E-state index is -8.30. The van der Waals surface area contributed by atoms with Gasteiger partial charge in [-0.05, 0) is 6.92 Å². The van der Waals surface area contributed by atoms with Gasteiger partial charge in [-0.1, -0.05) is 0 Å². The summed E-state index contributed by atoms with van der Waals surface area (Å²) in [5.41, 5.74) is -23.8. The molecule has 0 bridgehead atoms. The van der Waals surface area contributed by atoms with Crippen LogP contribution in [0.1, 0.15) is 6.92 Å². The van der Waals surface area contributed by atoms with E-state index in [1.54, 1.807) is 0 Å². The molecule has 0 saturated heterocycles. The van der Waals surface area contributed by atoms with E-state index in [0.29, 0.717) is 0 Å². The molecule has 26 heavy (non-hydrogen) atoms. The van der Waals surface area contributed by atoms with Crippen LogP contribution in [-0.2, 0) is 0 Å². The fraction of sp³-hybridized carbons (Fsp3) is 1.00.